The van der Waals surface area contributed by atoms with Gasteiger partial charge in [-0.05, 0) is 47.7 Å². The van der Waals surface area contributed by atoms with Gasteiger partial charge in [-0.15, -0.1) is 0 Å². The SMILES string of the molecule is O=C1NC(=O)/C(=C/c2ccc(OCCNS(=O)(=O)c3ccccc3Cl)cc2)S1. The zero-order valence-electron chi connectivity index (χ0n) is 14.3. The molecule has 0 spiro atoms. The lowest BCUT2D eigenvalue weighted by Gasteiger charge is -2.09. The van der Waals surface area contributed by atoms with E-state index in [2.05, 4.69) is 10.0 Å². The van der Waals surface area contributed by atoms with Crippen LogP contribution in [0.25, 0.3) is 6.08 Å². The van der Waals surface area contributed by atoms with Crippen LogP contribution in [0.2, 0.25) is 5.02 Å². The predicted octanol–water partition coefficient (Wildman–Crippen LogP) is 3.02. The van der Waals surface area contributed by atoms with Crippen molar-refractivity contribution >= 4 is 50.6 Å². The topological polar surface area (TPSA) is 102 Å². The van der Waals surface area contributed by atoms with E-state index in [0.29, 0.717) is 10.7 Å². The zero-order chi connectivity index (χ0) is 20.1. The van der Waals surface area contributed by atoms with Crippen molar-refractivity contribution in [2.45, 2.75) is 4.90 Å². The highest BCUT2D eigenvalue weighted by Crippen LogP contribution is 2.26. The normalized spacial score (nSPS) is 15.7. The number of carbonyl (C=O) groups excluding carboxylic acids is 2. The molecule has 2 N–H and O–H groups in total. The Balaban J connectivity index is 1.52. The molecule has 0 unspecified atom stereocenters. The van der Waals surface area contributed by atoms with E-state index in [4.69, 9.17) is 16.3 Å². The van der Waals surface area contributed by atoms with E-state index in [-0.39, 0.29) is 23.1 Å². The van der Waals surface area contributed by atoms with Crippen LogP contribution in [0.4, 0.5) is 4.79 Å². The van der Waals surface area contributed by atoms with Crippen molar-refractivity contribution in [2.75, 3.05) is 13.2 Å². The van der Waals surface area contributed by atoms with Crippen molar-refractivity contribution in [1.29, 1.82) is 0 Å². The van der Waals surface area contributed by atoms with Crippen LogP contribution in [-0.2, 0) is 14.8 Å². The fraction of sp³-hybridized carbons (Fsp3) is 0.111. The maximum absolute atomic E-state index is 12.2. The van der Waals surface area contributed by atoms with Gasteiger partial charge < -0.3 is 4.74 Å². The first kappa shape index (κ1) is 20.4. The molecule has 0 radical (unpaired) electrons. The van der Waals surface area contributed by atoms with E-state index in [0.717, 1.165) is 17.3 Å². The van der Waals surface area contributed by atoms with Gasteiger partial charge in [-0.2, -0.15) is 0 Å². The summed E-state index contributed by atoms with van der Waals surface area (Å²) in [6.07, 6.45) is 1.60. The first-order chi connectivity index (χ1) is 13.3. The molecule has 1 saturated heterocycles. The Morgan fingerprint density at radius 2 is 1.82 bits per heavy atom. The van der Waals surface area contributed by atoms with Crippen LogP contribution >= 0.6 is 23.4 Å². The molecule has 1 aliphatic heterocycles. The standard InChI is InChI=1S/C18H15ClN2O5S2/c19-14-3-1-2-4-16(14)28(24,25)20-9-10-26-13-7-5-12(6-8-13)11-15-17(22)21-18(23)27-15/h1-8,11,20H,9-10H2,(H,21,22,23)/b15-11-. The van der Waals surface area contributed by atoms with E-state index in [1.54, 1.807) is 42.5 Å². The highest BCUT2D eigenvalue weighted by Gasteiger charge is 2.24. The third-order valence-corrected chi connectivity index (χ3v) is 6.38. The molecule has 2 aromatic rings. The largest absolute Gasteiger partial charge is 0.492 e. The summed E-state index contributed by atoms with van der Waals surface area (Å²) in [5.41, 5.74) is 0.735. The Bertz CT molecular complexity index is 1040. The van der Waals surface area contributed by atoms with Gasteiger partial charge in [0, 0.05) is 6.54 Å². The molecule has 2 aromatic carbocycles. The Morgan fingerprint density at radius 3 is 2.46 bits per heavy atom. The summed E-state index contributed by atoms with van der Waals surface area (Å²) in [4.78, 5) is 23.0. The van der Waals surface area contributed by atoms with Crippen LogP contribution in [0.5, 0.6) is 5.75 Å². The highest BCUT2D eigenvalue weighted by atomic mass is 35.5. The van der Waals surface area contributed by atoms with E-state index < -0.39 is 21.2 Å². The summed E-state index contributed by atoms with van der Waals surface area (Å²) in [5, 5.41) is 1.94. The van der Waals surface area contributed by atoms with Crippen molar-refractivity contribution < 1.29 is 22.7 Å². The van der Waals surface area contributed by atoms with Crippen molar-refractivity contribution in [3.8, 4) is 5.75 Å². The molecule has 0 saturated carbocycles. The second-order valence-corrected chi connectivity index (χ2v) is 8.76. The second kappa shape index (κ2) is 8.78. The maximum Gasteiger partial charge on any atom is 0.290 e. The lowest BCUT2D eigenvalue weighted by molar-refractivity contribution is -0.115. The van der Waals surface area contributed by atoms with Crippen LogP contribution in [0, 0.1) is 0 Å². The molecule has 3 rings (SSSR count). The number of imide groups is 1. The molecule has 7 nitrogen and oxygen atoms in total. The van der Waals surface area contributed by atoms with E-state index in [1.165, 1.54) is 12.1 Å². The highest BCUT2D eigenvalue weighted by molar-refractivity contribution is 8.18. The van der Waals surface area contributed by atoms with Gasteiger partial charge in [-0.3, -0.25) is 14.9 Å². The van der Waals surface area contributed by atoms with Gasteiger partial charge in [0.05, 0.1) is 9.93 Å². The first-order valence-corrected chi connectivity index (χ1v) is 10.7. The lowest BCUT2D eigenvalue weighted by atomic mass is 10.2. The second-order valence-electron chi connectivity index (χ2n) is 5.60. The fourth-order valence-corrected chi connectivity index (χ4v) is 4.53. The molecule has 0 atom stereocenters. The van der Waals surface area contributed by atoms with E-state index in [1.807, 2.05) is 0 Å². The van der Waals surface area contributed by atoms with Gasteiger partial charge >= 0.3 is 0 Å². The van der Waals surface area contributed by atoms with Crippen molar-refractivity contribution in [2.24, 2.45) is 0 Å². The third-order valence-electron chi connectivity index (χ3n) is 3.61. The number of ether oxygens (including phenoxy) is 1. The molecular formula is C18H15ClN2O5S2. The number of thioether (sulfide) groups is 1. The maximum atomic E-state index is 12.2. The zero-order valence-corrected chi connectivity index (χ0v) is 16.7. The molecule has 0 aliphatic carbocycles. The Morgan fingerprint density at radius 1 is 1.11 bits per heavy atom. The molecule has 0 bridgehead atoms. The number of halogens is 1. The smallest absolute Gasteiger partial charge is 0.290 e. The van der Waals surface area contributed by atoms with Crippen LogP contribution in [0.3, 0.4) is 0 Å². The summed E-state index contributed by atoms with van der Waals surface area (Å²) in [5.74, 6) is 0.125. The van der Waals surface area contributed by atoms with Gasteiger partial charge in [0.1, 0.15) is 17.3 Å². The molecule has 1 aliphatic rings. The molecule has 28 heavy (non-hydrogen) atoms. The van der Waals surface area contributed by atoms with Gasteiger partial charge in [-0.1, -0.05) is 35.9 Å². The van der Waals surface area contributed by atoms with E-state index >= 15 is 0 Å². The minimum Gasteiger partial charge on any atom is -0.492 e. The van der Waals surface area contributed by atoms with Crippen LogP contribution in [-0.4, -0.2) is 32.7 Å². The van der Waals surface area contributed by atoms with Crippen LogP contribution in [0.1, 0.15) is 5.56 Å². The molecule has 146 valence electrons. The van der Waals surface area contributed by atoms with Crippen molar-refractivity contribution in [3.63, 3.8) is 0 Å². The van der Waals surface area contributed by atoms with Gasteiger partial charge in [-0.25, -0.2) is 13.1 Å². The number of hydrogen-bond donors (Lipinski definition) is 2. The Kier molecular flexibility index (Phi) is 6.40. The first-order valence-electron chi connectivity index (χ1n) is 8.07. The van der Waals surface area contributed by atoms with Gasteiger partial charge in [0.2, 0.25) is 10.0 Å². The average Bonchev–Trinajstić information content (AvgIpc) is 2.97. The minimum atomic E-state index is -3.71. The average molecular weight is 439 g/mol. The van der Waals surface area contributed by atoms with E-state index in [9.17, 15) is 18.0 Å². The number of rotatable bonds is 7. The quantitative estimate of drug-likeness (QED) is 0.509. The lowest BCUT2D eigenvalue weighted by Crippen LogP contribution is -2.28. The number of amides is 2. The summed E-state index contributed by atoms with van der Waals surface area (Å²) in [6.45, 7) is 0.190. The number of benzene rings is 2. The minimum absolute atomic E-state index is 0.0151. The monoisotopic (exact) mass is 438 g/mol. The molecule has 10 heteroatoms. The predicted molar refractivity (Wildman–Crippen MR) is 108 cm³/mol. The number of hydrogen-bond acceptors (Lipinski definition) is 6. The number of sulfonamides is 1. The third kappa shape index (κ3) is 5.14. The van der Waals surface area contributed by atoms with Crippen molar-refractivity contribution in [3.05, 3.63) is 64.0 Å². The van der Waals surface area contributed by atoms with Crippen LogP contribution < -0.4 is 14.8 Å². The fourth-order valence-electron chi connectivity index (χ4n) is 2.32. The van der Waals surface area contributed by atoms with Crippen LogP contribution in [0.15, 0.2) is 58.3 Å². The number of carbonyl (C=O) groups is 2. The summed E-state index contributed by atoms with van der Waals surface area (Å²) < 4.78 is 32.4. The molecule has 1 heterocycles. The Hall–Kier alpha value is -2.33. The van der Waals surface area contributed by atoms with Gasteiger partial charge in [0.15, 0.2) is 0 Å². The number of nitrogens with one attached hydrogen (secondary N) is 2. The Labute approximate surface area is 171 Å². The molecule has 1 fully saturated rings. The summed E-state index contributed by atoms with van der Waals surface area (Å²) in [7, 11) is -3.71. The van der Waals surface area contributed by atoms with Crippen molar-refractivity contribution in [1.82, 2.24) is 10.0 Å². The molecular weight excluding hydrogens is 424 g/mol. The molecule has 0 aromatic heterocycles. The molecule has 2 amide bonds. The summed E-state index contributed by atoms with van der Waals surface area (Å²) >= 11 is 6.76. The summed E-state index contributed by atoms with van der Waals surface area (Å²) in [6, 6.07) is 13.0. The van der Waals surface area contributed by atoms with Gasteiger partial charge in [0.25, 0.3) is 11.1 Å².